The van der Waals surface area contributed by atoms with Crippen molar-refractivity contribution in [1.29, 1.82) is 0 Å². The van der Waals surface area contributed by atoms with E-state index >= 15 is 0 Å². The quantitative estimate of drug-likeness (QED) is 0.0808. The highest BCUT2D eigenvalue weighted by Crippen LogP contribution is 2.49. The first kappa shape index (κ1) is 111. The highest BCUT2D eigenvalue weighted by atomic mass is 19.4. The second-order valence-electron chi connectivity index (χ2n) is 41.6. The summed E-state index contributed by atoms with van der Waals surface area (Å²) in [4.78, 5) is 0. The smallest absolute Gasteiger partial charge is 0.381 e. The lowest BCUT2D eigenvalue weighted by Crippen LogP contribution is -2.43. The van der Waals surface area contributed by atoms with E-state index in [0.717, 1.165) is 126 Å². The summed E-state index contributed by atoms with van der Waals surface area (Å²) in [6.07, 6.45) is 3.53. The van der Waals surface area contributed by atoms with E-state index in [4.69, 9.17) is 14.2 Å². The summed E-state index contributed by atoms with van der Waals surface area (Å²) in [5, 5.41) is 0. The van der Waals surface area contributed by atoms with Gasteiger partial charge >= 0.3 is 6.18 Å². The number of hydrogen-bond donors (Lipinski definition) is 0. The molecule has 2 fully saturated rings. The first-order valence-corrected chi connectivity index (χ1v) is 42.3. The normalized spacial score (nSPS) is 17.9. The molecule has 2 aliphatic heterocycles. The molecule has 0 aliphatic carbocycles. The molecule has 0 aromatic heterocycles. The van der Waals surface area contributed by atoms with Gasteiger partial charge in [0, 0.05) is 13.2 Å². The molecule has 2 saturated heterocycles. The van der Waals surface area contributed by atoms with Crippen LogP contribution >= 0.6 is 0 Å². The third-order valence-corrected chi connectivity index (χ3v) is 23.1. The Morgan fingerprint density at radius 3 is 0.800 bits per heavy atom. The molecule has 4 atom stereocenters. The fourth-order valence-electron chi connectivity index (χ4n) is 21.8. The molecule has 0 spiro atoms. The van der Waals surface area contributed by atoms with Crippen LogP contribution in [0.25, 0.3) is 0 Å². The van der Waals surface area contributed by atoms with Crippen LogP contribution in [0.3, 0.4) is 0 Å². The minimum atomic E-state index is -4.12. The topological polar surface area (TPSA) is 27.7 Å². The van der Waals surface area contributed by atoms with Gasteiger partial charge in [0.05, 0.1) is 36.0 Å². The van der Waals surface area contributed by atoms with Gasteiger partial charge < -0.3 is 14.2 Å². The predicted molar refractivity (Wildman–Crippen MR) is 445 cm³/mol. The minimum Gasteiger partial charge on any atom is -0.381 e. The van der Waals surface area contributed by atoms with E-state index < -0.39 is 11.6 Å². The Labute approximate surface area is 631 Å². The zero-order valence-corrected chi connectivity index (χ0v) is 77.8. The van der Waals surface area contributed by atoms with Crippen LogP contribution in [-0.4, -0.2) is 50.0 Å². The zero-order chi connectivity index (χ0) is 81.2. The van der Waals surface area contributed by atoms with Crippen molar-refractivity contribution in [3.8, 4) is 0 Å². The number of rotatable bonds is 26. The molecule has 100 heavy (non-hydrogen) atoms. The molecule has 0 aromatic carbocycles. The van der Waals surface area contributed by atoms with Gasteiger partial charge in [-0.15, -0.1) is 0 Å². The lowest BCUT2D eigenvalue weighted by atomic mass is 9.67. The summed E-state index contributed by atoms with van der Waals surface area (Å²) in [7, 11) is 0. The Morgan fingerprint density at radius 2 is 0.640 bits per heavy atom. The average Bonchev–Trinajstić information content (AvgIpc) is 0.792. The van der Waals surface area contributed by atoms with E-state index in [9.17, 15) is 17.6 Å². The van der Waals surface area contributed by atoms with E-state index in [1.807, 2.05) is 41.5 Å². The van der Waals surface area contributed by atoms with Crippen LogP contribution in [0.4, 0.5) is 17.6 Å². The zero-order valence-electron chi connectivity index (χ0n) is 77.8. The molecule has 0 amide bonds. The van der Waals surface area contributed by atoms with Crippen LogP contribution in [0.15, 0.2) is 0 Å². The summed E-state index contributed by atoms with van der Waals surface area (Å²) in [6.45, 7) is 110. The van der Waals surface area contributed by atoms with Crippen molar-refractivity contribution < 1.29 is 31.8 Å². The van der Waals surface area contributed by atoms with E-state index in [0.29, 0.717) is 59.2 Å². The fraction of sp³-hybridized carbons (Fsp3) is 1.00. The highest BCUT2D eigenvalue weighted by molar-refractivity contribution is 4.89. The van der Waals surface area contributed by atoms with E-state index in [1.54, 1.807) is 0 Å². The van der Waals surface area contributed by atoms with E-state index in [-0.39, 0.29) is 35.4 Å². The predicted octanol–water partition coefficient (Wildman–Crippen LogP) is 31.5. The maximum absolute atomic E-state index is 12.8. The van der Waals surface area contributed by atoms with Crippen molar-refractivity contribution in [3.63, 3.8) is 0 Å². The van der Waals surface area contributed by atoms with Crippen LogP contribution in [0.5, 0.6) is 0 Å². The molecular weight excluding hydrogens is 1240 g/mol. The number of alkyl halides is 4. The summed E-state index contributed by atoms with van der Waals surface area (Å²) in [5.41, 5.74) is -1.33. The standard InChI is InChI=1S/C14H28O.C13H28O.C12H24O.C11H21F3.C11H23F.2C11H24.C10H22/c1-9(2)14(10(3)4)13-7-11(5)15-12(6)8-13;1-9(2)12(10(3)4)11(5)14-13(6,7)8;1-9(2)12(10(3)4)11-5-7-13-8-6-11;1-7(2)9(8(3)4)10(5,6)11(12,13)14;1-8(2)10(9(3)4)11(5,6)7-12;1-8(2)10(9(3)4)11(5,6)7;1-7-10(6)11(8(2)3)9(4)5;1-7(2)10(8(3)4)9(5)6/h9-14H,7-8H2,1-6H3;9-12H,1-8H3;9-12H,5-8H2,1-4H3;7-9H,1-6H3;8-10H,7H2,1-6H3;8-10H,1-7H3;8-11H,7H2,1-6H3;7-10H,1-6H3. The largest absolute Gasteiger partial charge is 0.394 e. The van der Waals surface area contributed by atoms with Crippen molar-refractivity contribution in [2.24, 2.45) is 182 Å². The Kier molecular flexibility index (Phi) is 58.2. The molecular formula is C93H194F4O3. The van der Waals surface area contributed by atoms with E-state index in [1.165, 1.54) is 46.0 Å². The molecule has 7 heteroatoms. The van der Waals surface area contributed by atoms with Gasteiger partial charge in [0.25, 0.3) is 0 Å². The van der Waals surface area contributed by atoms with Crippen LogP contribution < -0.4 is 0 Å². The van der Waals surface area contributed by atoms with Crippen LogP contribution in [0, 0.1) is 182 Å². The van der Waals surface area contributed by atoms with Crippen molar-refractivity contribution in [3.05, 3.63) is 0 Å². The van der Waals surface area contributed by atoms with Crippen molar-refractivity contribution in [2.45, 2.75) is 401 Å². The Hall–Kier alpha value is -0.400. The Morgan fingerprint density at radius 1 is 0.360 bits per heavy atom. The number of halogens is 4. The Bertz CT molecular complexity index is 1780. The Balaban J connectivity index is -0.000000253. The monoisotopic (exact) mass is 1440 g/mol. The molecule has 3 nitrogen and oxygen atoms in total. The fourth-order valence-corrected chi connectivity index (χ4v) is 21.8. The van der Waals surface area contributed by atoms with Crippen molar-refractivity contribution in [2.75, 3.05) is 19.9 Å². The molecule has 0 saturated carbocycles. The highest BCUT2D eigenvalue weighted by Gasteiger charge is 2.53. The van der Waals surface area contributed by atoms with Gasteiger partial charge in [0.2, 0.25) is 0 Å². The van der Waals surface area contributed by atoms with E-state index in [2.05, 4.69) is 284 Å². The molecule has 2 rings (SSSR count). The van der Waals surface area contributed by atoms with Crippen molar-refractivity contribution in [1.82, 2.24) is 0 Å². The lowest BCUT2D eigenvalue weighted by Gasteiger charge is -2.41. The second kappa shape index (κ2) is 52.6. The SMILES string of the molecule is CC(C)C(C(C)C)C(C)(C)C.CC(C)C(C(C)C)C(C)(C)C(F)(F)F.CC(C)C(C(C)C)C(C)(C)CF.CC(C)C(C(C)C)C(C)C.CC(C)C(C(C)C)C(C)OC(C)(C)C.CC(C)C(C(C)C)C1CCOCC1.CC1CC(C(C(C)C)C(C)C)CC(C)O1.CCC(C)C(C(C)C)C(C)C. The first-order chi connectivity index (χ1) is 44.8. The summed E-state index contributed by atoms with van der Waals surface area (Å²) < 4.78 is 68.4. The number of ether oxygens (including phenoxy) is 3. The first-order valence-electron chi connectivity index (χ1n) is 42.3. The summed E-state index contributed by atoms with van der Waals surface area (Å²) in [6, 6.07) is 0. The third-order valence-electron chi connectivity index (χ3n) is 23.1. The molecule has 0 aromatic rings. The number of hydrogen-bond acceptors (Lipinski definition) is 3. The van der Waals surface area contributed by atoms with Gasteiger partial charge in [-0.2, -0.15) is 13.2 Å². The summed E-state index contributed by atoms with van der Waals surface area (Å²) in [5.74, 6) is 19.5. The molecule has 4 unspecified atom stereocenters. The molecule has 2 heterocycles. The molecule has 0 radical (unpaired) electrons. The molecule has 0 N–H and O–H groups in total. The second-order valence-corrected chi connectivity index (χ2v) is 41.6. The van der Waals surface area contributed by atoms with Crippen LogP contribution in [0.2, 0.25) is 0 Å². The van der Waals surface area contributed by atoms with Crippen LogP contribution in [-0.2, 0) is 14.2 Å². The van der Waals surface area contributed by atoms with Gasteiger partial charge in [-0.25, -0.2) is 0 Å². The van der Waals surface area contributed by atoms with Gasteiger partial charge in [-0.3, -0.25) is 4.39 Å². The van der Waals surface area contributed by atoms with Crippen molar-refractivity contribution >= 4 is 0 Å². The minimum absolute atomic E-state index is 0.0263. The molecule has 612 valence electrons. The van der Waals surface area contributed by atoms with Gasteiger partial charge in [-0.1, -0.05) is 304 Å². The lowest BCUT2D eigenvalue weighted by molar-refractivity contribution is -0.239. The maximum Gasteiger partial charge on any atom is 0.394 e. The average molecular weight is 1440 g/mol. The molecule has 2 aliphatic rings. The van der Waals surface area contributed by atoms with Crippen LogP contribution in [0.1, 0.15) is 371 Å². The van der Waals surface area contributed by atoms with Gasteiger partial charge in [0.15, 0.2) is 0 Å². The van der Waals surface area contributed by atoms with Gasteiger partial charge in [-0.05, 0) is 244 Å². The van der Waals surface area contributed by atoms with Gasteiger partial charge in [0.1, 0.15) is 0 Å². The summed E-state index contributed by atoms with van der Waals surface area (Å²) >= 11 is 0. The maximum atomic E-state index is 12.8. The third kappa shape index (κ3) is 46.1. The molecule has 0 bridgehead atoms.